The first-order valence-corrected chi connectivity index (χ1v) is 7.40. The van der Waals surface area contributed by atoms with E-state index >= 15 is 0 Å². The molecule has 1 aromatic carbocycles. The molecule has 1 amide bonds. The number of thioether (sulfide) groups is 1. The predicted octanol–water partition coefficient (Wildman–Crippen LogP) is 2.59. The van der Waals surface area contributed by atoms with Gasteiger partial charge >= 0.3 is 12.1 Å². The van der Waals surface area contributed by atoms with Gasteiger partial charge in [-0.25, -0.2) is 13.6 Å². The van der Waals surface area contributed by atoms with Crippen LogP contribution in [0, 0.1) is 11.6 Å². The third kappa shape index (κ3) is 4.45. The number of nitrogens with zero attached hydrogens (tertiary/aromatic N) is 2. The van der Waals surface area contributed by atoms with Crippen molar-refractivity contribution in [3.05, 3.63) is 45.9 Å². The van der Waals surface area contributed by atoms with Crippen LogP contribution in [0.3, 0.4) is 0 Å². The zero-order valence-corrected chi connectivity index (χ0v) is 13.5. The topological polar surface area (TPSA) is 80.1 Å². The number of esters is 1. The van der Waals surface area contributed by atoms with Crippen LogP contribution in [0.4, 0.5) is 22.0 Å². The zero-order valence-electron chi connectivity index (χ0n) is 12.7. The van der Waals surface area contributed by atoms with Crippen molar-refractivity contribution < 1.29 is 36.3 Å². The minimum absolute atomic E-state index is 0.0674. The number of nitrogens with one attached hydrogen (secondary N) is 1. The summed E-state index contributed by atoms with van der Waals surface area (Å²) in [5, 5.41) is 8.77. The van der Waals surface area contributed by atoms with E-state index < -0.39 is 40.8 Å². The predicted molar refractivity (Wildman–Crippen MR) is 82.2 cm³/mol. The quantitative estimate of drug-likeness (QED) is 0.282. The highest BCUT2D eigenvalue weighted by molar-refractivity contribution is 8.18. The SMILES string of the molecule is COC(=O)/C=C1/S/C(=N\N=Cc2c(F)ccc(C(F)(F)F)c2F)NC1=O. The number of ether oxygens (including phenoxy) is 1. The molecular weight excluding hydrogens is 385 g/mol. The van der Waals surface area contributed by atoms with E-state index in [1.54, 1.807) is 0 Å². The number of carbonyl (C=O) groups is 2. The van der Waals surface area contributed by atoms with Crippen LogP contribution < -0.4 is 5.32 Å². The van der Waals surface area contributed by atoms with Crippen molar-refractivity contribution in [2.75, 3.05) is 7.11 Å². The normalized spacial score (nSPS) is 18.0. The number of rotatable bonds is 3. The van der Waals surface area contributed by atoms with E-state index in [-0.39, 0.29) is 16.1 Å². The molecular formula is C14H8F5N3O3S. The maximum atomic E-state index is 13.8. The monoisotopic (exact) mass is 393 g/mol. The molecule has 0 spiro atoms. The highest BCUT2D eigenvalue weighted by Crippen LogP contribution is 2.32. The van der Waals surface area contributed by atoms with Crippen molar-refractivity contribution in [3.8, 4) is 0 Å². The molecule has 1 N–H and O–H groups in total. The fourth-order valence-electron chi connectivity index (χ4n) is 1.69. The third-order valence-electron chi connectivity index (χ3n) is 2.87. The summed E-state index contributed by atoms with van der Waals surface area (Å²) >= 11 is 0.682. The number of amidine groups is 1. The number of carbonyl (C=O) groups excluding carboxylic acids is 2. The average molecular weight is 393 g/mol. The van der Waals surface area contributed by atoms with Gasteiger partial charge in [0.25, 0.3) is 5.91 Å². The Bertz CT molecular complexity index is 849. The van der Waals surface area contributed by atoms with Crippen molar-refractivity contribution in [2.24, 2.45) is 10.2 Å². The molecule has 0 radical (unpaired) electrons. The van der Waals surface area contributed by atoms with E-state index in [1.165, 1.54) is 0 Å². The standard InChI is InChI=1S/C14H8F5N3O3S/c1-25-10(23)4-9-12(24)21-13(26-9)22-20-5-6-8(15)3-2-7(11(6)16)14(17,18)19/h2-5H,1H3,(H,21,22,24)/b9-4+,20-5?. The first-order chi connectivity index (χ1) is 12.1. The Balaban J connectivity index is 2.24. The number of methoxy groups -OCH3 is 1. The van der Waals surface area contributed by atoms with Crippen LogP contribution >= 0.6 is 11.8 Å². The van der Waals surface area contributed by atoms with Gasteiger partial charge < -0.3 is 4.74 Å². The summed E-state index contributed by atoms with van der Waals surface area (Å²) in [6.45, 7) is 0. The van der Waals surface area contributed by atoms with Crippen molar-refractivity contribution in [2.45, 2.75) is 6.18 Å². The number of hydrogen-bond donors (Lipinski definition) is 1. The highest BCUT2D eigenvalue weighted by Gasteiger charge is 2.35. The Morgan fingerprint density at radius 1 is 1.31 bits per heavy atom. The summed E-state index contributed by atoms with van der Waals surface area (Å²) in [6.07, 6.45) is -3.67. The number of halogens is 5. The van der Waals surface area contributed by atoms with Gasteiger partial charge in [-0.1, -0.05) is 0 Å². The van der Waals surface area contributed by atoms with Gasteiger partial charge in [-0.2, -0.15) is 18.3 Å². The molecule has 1 saturated heterocycles. The van der Waals surface area contributed by atoms with Crippen molar-refractivity contribution in [1.29, 1.82) is 0 Å². The minimum atomic E-state index is -5.00. The molecule has 1 aromatic rings. The smallest absolute Gasteiger partial charge is 0.419 e. The molecule has 0 aliphatic carbocycles. The van der Waals surface area contributed by atoms with Crippen LogP contribution in [-0.2, 0) is 20.5 Å². The van der Waals surface area contributed by atoms with Crippen LogP contribution in [0.5, 0.6) is 0 Å². The van der Waals surface area contributed by atoms with Crippen LogP contribution in [0.2, 0.25) is 0 Å². The fourth-order valence-corrected chi connectivity index (χ4v) is 2.43. The van der Waals surface area contributed by atoms with Crippen LogP contribution in [-0.4, -0.2) is 30.4 Å². The lowest BCUT2D eigenvalue weighted by Crippen LogP contribution is -2.19. The van der Waals surface area contributed by atoms with E-state index in [2.05, 4.69) is 20.3 Å². The number of benzene rings is 1. The number of hydrogen-bond acceptors (Lipinski definition) is 6. The van der Waals surface area contributed by atoms with Crippen molar-refractivity contribution in [3.63, 3.8) is 0 Å². The molecule has 2 rings (SSSR count). The van der Waals surface area contributed by atoms with E-state index in [9.17, 15) is 31.5 Å². The van der Waals surface area contributed by atoms with Gasteiger partial charge in [-0.3, -0.25) is 10.1 Å². The molecule has 1 aliphatic rings. The lowest BCUT2D eigenvalue weighted by Gasteiger charge is -2.09. The molecule has 0 atom stereocenters. The maximum Gasteiger partial charge on any atom is 0.419 e. The lowest BCUT2D eigenvalue weighted by atomic mass is 10.1. The Morgan fingerprint density at radius 3 is 2.62 bits per heavy atom. The van der Waals surface area contributed by atoms with Gasteiger partial charge in [0.2, 0.25) is 0 Å². The Labute approximate surface area is 146 Å². The zero-order chi connectivity index (χ0) is 19.5. The summed E-state index contributed by atoms with van der Waals surface area (Å²) in [6, 6.07) is 0.717. The van der Waals surface area contributed by atoms with Crippen molar-refractivity contribution >= 4 is 35.0 Å². The second kappa shape index (κ2) is 7.64. The lowest BCUT2D eigenvalue weighted by molar-refractivity contribution is -0.140. The number of alkyl halides is 3. The summed E-state index contributed by atoms with van der Waals surface area (Å²) in [7, 11) is 1.11. The van der Waals surface area contributed by atoms with Gasteiger partial charge in [0.15, 0.2) is 5.17 Å². The summed E-state index contributed by atoms with van der Waals surface area (Å²) in [4.78, 5) is 22.5. The molecule has 0 bridgehead atoms. The van der Waals surface area contributed by atoms with Crippen LogP contribution in [0.1, 0.15) is 11.1 Å². The van der Waals surface area contributed by atoms with Gasteiger partial charge in [0.05, 0.1) is 29.4 Å². The highest BCUT2D eigenvalue weighted by atomic mass is 32.2. The van der Waals surface area contributed by atoms with Gasteiger partial charge in [-0.05, 0) is 23.9 Å². The Hall–Kier alpha value is -2.76. The molecule has 0 saturated carbocycles. The van der Waals surface area contributed by atoms with Gasteiger partial charge in [-0.15, -0.1) is 5.10 Å². The molecule has 1 fully saturated rings. The summed E-state index contributed by atoms with van der Waals surface area (Å²) < 4.78 is 69.5. The second-order valence-electron chi connectivity index (χ2n) is 4.56. The number of amides is 1. The molecule has 6 nitrogen and oxygen atoms in total. The Morgan fingerprint density at radius 2 is 2.00 bits per heavy atom. The molecule has 1 heterocycles. The molecule has 0 unspecified atom stereocenters. The third-order valence-corrected chi connectivity index (χ3v) is 3.77. The summed E-state index contributed by atoms with van der Waals surface area (Å²) in [5.41, 5.74) is -2.69. The first kappa shape index (κ1) is 19.6. The molecule has 26 heavy (non-hydrogen) atoms. The molecule has 138 valence electrons. The fraction of sp³-hybridized carbons (Fsp3) is 0.143. The van der Waals surface area contributed by atoms with E-state index in [1.807, 2.05) is 0 Å². The molecule has 12 heteroatoms. The van der Waals surface area contributed by atoms with Crippen LogP contribution in [0.25, 0.3) is 0 Å². The van der Waals surface area contributed by atoms with Gasteiger partial charge in [0, 0.05) is 6.08 Å². The second-order valence-corrected chi connectivity index (χ2v) is 5.59. The van der Waals surface area contributed by atoms with E-state index in [0.29, 0.717) is 24.0 Å². The largest absolute Gasteiger partial charge is 0.466 e. The maximum absolute atomic E-state index is 13.8. The first-order valence-electron chi connectivity index (χ1n) is 6.58. The van der Waals surface area contributed by atoms with E-state index in [4.69, 9.17) is 0 Å². The van der Waals surface area contributed by atoms with Gasteiger partial charge in [0.1, 0.15) is 11.6 Å². The average Bonchev–Trinajstić information content (AvgIpc) is 2.88. The summed E-state index contributed by atoms with van der Waals surface area (Å²) in [5.74, 6) is -4.59. The Kier molecular flexibility index (Phi) is 5.75. The molecule has 1 aliphatic heterocycles. The van der Waals surface area contributed by atoms with E-state index in [0.717, 1.165) is 13.2 Å². The van der Waals surface area contributed by atoms with Crippen LogP contribution in [0.15, 0.2) is 33.3 Å². The molecule has 0 aromatic heterocycles. The van der Waals surface area contributed by atoms with Crippen molar-refractivity contribution in [1.82, 2.24) is 5.32 Å². The minimum Gasteiger partial charge on any atom is -0.466 e.